The number of nitrogens with two attached hydrogens (primary N) is 1. The van der Waals surface area contributed by atoms with Crippen molar-refractivity contribution in [3.8, 4) is 0 Å². The van der Waals surface area contributed by atoms with Gasteiger partial charge in [0.05, 0.1) is 26.8 Å². The molecule has 0 fully saturated rings. The number of aryl methyl sites for hydroxylation is 1. The molecule has 10 heteroatoms. The van der Waals surface area contributed by atoms with Gasteiger partial charge in [0.15, 0.2) is 0 Å². The summed E-state index contributed by atoms with van der Waals surface area (Å²) < 4.78 is 5.32. The van der Waals surface area contributed by atoms with E-state index in [1.54, 1.807) is 23.5 Å². The zero-order valence-corrected chi connectivity index (χ0v) is 17.5. The molecule has 0 bridgehead atoms. The maximum Gasteiger partial charge on any atom is 0.339 e. The Morgan fingerprint density at radius 2 is 2.03 bits per heavy atom. The first-order valence-corrected chi connectivity index (χ1v) is 10.6. The van der Waals surface area contributed by atoms with Crippen molar-refractivity contribution in [3.63, 3.8) is 0 Å². The summed E-state index contributed by atoms with van der Waals surface area (Å²) in [7, 11) is 0. The smallest absolute Gasteiger partial charge is 0.339 e. The number of thiazole rings is 1. The van der Waals surface area contributed by atoms with E-state index in [1.165, 1.54) is 23.9 Å². The monoisotopic (exact) mass is 443 g/mol. The molecule has 0 aliphatic rings. The summed E-state index contributed by atoms with van der Waals surface area (Å²) in [6.07, 6.45) is 0. The number of primary amides is 1. The van der Waals surface area contributed by atoms with E-state index >= 15 is 0 Å². The van der Waals surface area contributed by atoms with Crippen LogP contribution < -0.4 is 5.73 Å². The Bertz CT molecular complexity index is 1110. The summed E-state index contributed by atoms with van der Waals surface area (Å²) in [6.45, 7) is 1.62. The van der Waals surface area contributed by atoms with E-state index in [-0.39, 0.29) is 23.4 Å². The Balaban J connectivity index is 1.72. The summed E-state index contributed by atoms with van der Waals surface area (Å²) >= 11 is 3.02. The Kier molecular flexibility index (Phi) is 6.80. The molecule has 1 amide bonds. The van der Waals surface area contributed by atoms with Crippen molar-refractivity contribution in [2.75, 3.05) is 0 Å². The highest BCUT2D eigenvalue weighted by molar-refractivity contribution is 7.98. The van der Waals surface area contributed by atoms with Crippen LogP contribution in [0.5, 0.6) is 0 Å². The van der Waals surface area contributed by atoms with E-state index in [1.807, 2.05) is 24.4 Å². The van der Waals surface area contributed by atoms with Crippen molar-refractivity contribution in [1.29, 1.82) is 0 Å². The lowest BCUT2D eigenvalue weighted by Crippen LogP contribution is -2.12. The number of nitrogens with zero attached hydrogens (tertiary/aromatic N) is 2. The number of thioether (sulfide) groups is 1. The third-order valence-electron chi connectivity index (χ3n) is 4.07. The van der Waals surface area contributed by atoms with Crippen LogP contribution in [0, 0.1) is 17.0 Å². The SMILES string of the molecule is Cc1nc(CSc2ccccc2C(=O)OCc2ccc(C(N)=O)cc2[N+](=O)[O-])cs1. The quantitative estimate of drug-likeness (QED) is 0.240. The van der Waals surface area contributed by atoms with Crippen LogP contribution in [0.3, 0.4) is 0 Å². The third kappa shape index (κ3) is 5.22. The molecule has 0 unspecified atom stereocenters. The molecule has 2 N–H and O–H groups in total. The van der Waals surface area contributed by atoms with Gasteiger partial charge in [0.25, 0.3) is 5.69 Å². The minimum absolute atomic E-state index is 0.01000. The van der Waals surface area contributed by atoms with E-state index in [2.05, 4.69) is 4.98 Å². The molecular weight excluding hydrogens is 426 g/mol. The van der Waals surface area contributed by atoms with Crippen LogP contribution in [-0.2, 0) is 17.1 Å². The number of ether oxygens (including phenoxy) is 1. The normalized spacial score (nSPS) is 10.6. The maximum atomic E-state index is 12.6. The van der Waals surface area contributed by atoms with Crippen LogP contribution in [0.2, 0.25) is 0 Å². The lowest BCUT2D eigenvalue weighted by atomic mass is 10.1. The zero-order chi connectivity index (χ0) is 21.7. The second-order valence-electron chi connectivity index (χ2n) is 6.18. The van der Waals surface area contributed by atoms with Gasteiger partial charge in [-0.2, -0.15) is 0 Å². The molecular formula is C20H17N3O5S2. The molecule has 154 valence electrons. The van der Waals surface area contributed by atoms with Crippen LogP contribution in [0.15, 0.2) is 52.7 Å². The fraction of sp³-hybridized carbons (Fsp3) is 0.150. The molecule has 1 aromatic heterocycles. The Hall–Kier alpha value is -3.24. The van der Waals surface area contributed by atoms with Crippen molar-refractivity contribution in [2.24, 2.45) is 5.73 Å². The van der Waals surface area contributed by atoms with Gasteiger partial charge in [-0.15, -0.1) is 23.1 Å². The average Bonchev–Trinajstić information content (AvgIpc) is 3.15. The molecule has 1 heterocycles. The number of aromatic nitrogens is 1. The molecule has 3 aromatic rings. The predicted molar refractivity (Wildman–Crippen MR) is 114 cm³/mol. The topological polar surface area (TPSA) is 125 Å². The minimum Gasteiger partial charge on any atom is -0.457 e. The molecule has 0 aliphatic carbocycles. The predicted octanol–water partition coefficient (Wildman–Crippen LogP) is 4.11. The Morgan fingerprint density at radius 3 is 2.70 bits per heavy atom. The standard InChI is InChI=1S/C20H17N3O5S2/c1-12-22-15(10-29-12)11-30-18-5-3-2-4-16(18)20(25)28-9-14-7-6-13(19(21)24)8-17(14)23(26)27/h2-8,10H,9,11H2,1H3,(H2,21,24). The van der Waals surface area contributed by atoms with Gasteiger partial charge < -0.3 is 10.5 Å². The first-order chi connectivity index (χ1) is 14.3. The van der Waals surface area contributed by atoms with Gasteiger partial charge in [-0.05, 0) is 31.2 Å². The molecule has 0 saturated carbocycles. The highest BCUT2D eigenvalue weighted by Crippen LogP contribution is 2.28. The molecule has 2 aromatic carbocycles. The van der Waals surface area contributed by atoms with Gasteiger partial charge in [0, 0.05) is 27.7 Å². The van der Waals surface area contributed by atoms with Crippen molar-refractivity contribution in [1.82, 2.24) is 4.98 Å². The molecule has 0 radical (unpaired) electrons. The number of amides is 1. The summed E-state index contributed by atoms with van der Waals surface area (Å²) in [6, 6.07) is 10.8. The molecule has 0 spiro atoms. The Morgan fingerprint density at radius 1 is 1.27 bits per heavy atom. The summed E-state index contributed by atoms with van der Waals surface area (Å²) in [5.74, 6) is -0.766. The third-order valence-corrected chi connectivity index (χ3v) is 6.00. The maximum absolute atomic E-state index is 12.6. The van der Waals surface area contributed by atoms with Crippen molar-refractivity contribution in [3.05, 3.63) is 85.4 Å². The highest BCUT2D eigenvalue weighted by atomic mass is 32.2. The summed E-state index contributed by atoms with van der Waals surface area (Å²) in [5, 5.41) is 14.2. The summed E-state index contributed by atoms with van der Waals surface area (Å²) in [4.78, 5) is 39.6. The fourth-order valence-electron chi connectivity index (χ4n) is 2.62. The van der Waals surface area contributed by atoms with E-state index in [0.29, 0.717) is 11.3 Å². The first-order valence-electron chi connectivity index (χ1n) is 8.72. The number of carbonyl (C=O) groups is 2. The summed E-state index contributed by atoms with van der Waals surface area (Å²) in [5.41, 5.74) is 6.30. The van der Waals surface area contributed by atoms with Crippen molar-refractivity contribution >= 4 is 40.7 Å². The van der Waals surface area contributed by atoms with Gasteiger partial charge in [-0.3, -0.25) is 14.9 Å². The number of hydrogen-bond donors (Lipinski definition) is 1. The van der Waals surface area contributed by atoms with Crippen LogP contribution in [0.1, 0.15) is 37.0 Å². The van der Waals surface area contributed by atoms with Gasteiger partial charge in [-0.25, -0.2) is 9.78 Å². The van der Waals surface area contributed by atoms with Crippen LogP contribution in [-0.4, -0.2) is 21.8 Å². The lowest BCUT2D eigenvalue weighted by molar-refractivity contribution is -0.385. The van der Waals surface area contributed by atoms with E-state index in [0.717, 1.165) is 21.7 Å². The molecule has 0 saturated heterocycles. The van der Waals surface area contributed by atoms with E-state index in [9.17, 15) is 19.7 Å². The molecule has 0 atom stereocenters. The van der Waals surface area contributed by atoms with Crippen molar-refractivity contribution < 1.29 is 19.2 Å². The second kappa shape index (κ2) is 9.51. The highest BCUT2D eigenvalue weighted by Gasteiger charge is 2.19. The fourth-order valence-corrected chi connectivity index (χ4v) is 4.27. The number of esters is 1. The van der Waals surface area contributed by atoms with Crippen molar-refractivity contribution in [2.45, 2.75) is 24.2 Å². The van der Waals surface area contributed by atoms with Crippen LogP contribution in [0.25, 0.3) is 0 Å². The number of carbonyl (C=O) groups excluding carboxylic acids is 2. The van der Waals surface area contributed by atoms with Gasteiger partial charge in [0.1, 0.15) is 6.61 Å². The molecule has 30 heavy (non-hydrogen) atoms. The number of nitro benzene ring substituents is 1. The molecule has 0 aliphatic heterocycles. The number of benzene rings is 2. The van der Waals surface area contributed by atoms with Crippen LogP contribution in [0.4, 0.5) is 5.69 Å². The average molecular weight is 444 g/mol. The largest absolute Gasteiger partial charge is 0.457 e. The van der Waals surface area contributed by atoms with E-state index in [4.69, 9.17) is 10.5 Å². The van der Waals surface area contributed by atoms with Gasteiger partial charge in [0.2, 0.25) is 5.91 Å². The first kappa shape index (κ1) is 21.5. The van der Waals surface area contributed by atoms with Gasteiger partial charge >= 0.3 is 5.97 Å². The Labute approximate surface area is 180 Å². The number of rotatable bonds is 8. The van der Waals surface area contributed by atoms with Gasteiger partial charge in [-0.1, -0.05) is 12.1 Å². The number of nitro groups is 1. The van der Waals surface area contributed by atoms with Crippen LogP contribution >= 0.6 is 23.1 Å². The molecule has 8 nitrogen and oxygen atoms in total. The molecule has 3 rings (SSSR count). The lowest BCUT2D eigenvalue weighted by Gasteiger charge is -2.10. The second-order valence-corrected chi connectivity index (χ2v) is 8.26. The van der Waals surface area contributed by atoms with E-state index < -0.39 is 16.8 Å². The zero-order valence-electron chi connectivity index (χ0n) is 15.9. The number of hydrogen-bond acceptors (Lipinski definition) is 8. The minimum atomic E-state index is -0.775.